The molecule has 0 aliphatic heterocycles. The lowest BCUT2D eigenvalue weighted by Gasteiger charge is -2.33. The fourth-order valence-electron chi connectivity index (χ4n) is 4.64. The van der Waals surface area contributed by atoms with Gasteiger partial charge in [0.05, 0.1) is 17.2 Å². The summed E-state index contributed by atoms with van der Waals surface area (Å²) in [7, 11) is -2.72. The van der Waals surface area contributed by atoms with Crippen LogP contribution in [-0.4, -0.2) is 51.4 Å². The van der Waals surface area contributed by atoms with Crippen LogP contribution in [0.25, 0.3) is 0 Å². The number of nitrogens with zero attached hydrogens (tertiary/aromatic N) is 2. The van der Waals surface area contributed by atoms with Gasteiger partial charge in [-0.25, -0.2) is 8.42 Å². The number of nitrogens with one attached hydrogen (secondary N) is 1. The van der Waals surface area contributed by atoms with Crippen molar-refractivity contribution in [3.63, 3.8) is 0 Å². The molecule has 0 bridgehead atoms. The Bertz CT molecular complexity index is 1650. The first-order valence-electron chi connectivity index (χ1n) is 13.9. The van der Waals surface area contributed by atoms with Gasteiger partial charge in [-0.1, -0.05) is 70.0 Å². The summed E-state index contributed by atoms with van der Waals surface area (Å²) in [6.45, 7) is 1.81. The van der Waals surface area contributed by atoms with Gasteiger partial charge < -0.3 is 15.0 Å². The highest BCUT2D eigenvalue weighted by Gasteiger charge is 2.34. The number of carbonyl (C=O) groups is 2. The van der Waals surface area contributed by atoms with Crippen molar-refractivity contribution in [1.82, 2.24) is 10.2 Å². The van der Waals surface area contributed by atoms with E-state index in [-0.39, 0.29) is 29.5 Å². The summed E-state index contributed by atoms with van der Waals surface area (Å²) in [5, 5.41) is 3.06. The Labute approximate surface area is 271 Å². The van der Waals surface area contributed by atoms with Crippen molar-refractivity contribution >= 4 is 55.1 Å². The van der Waals surface area contributed by atoms with Crippen LogP contribution in [0.4, 0.5) is 5.69 Å². The van der Waals surface area contributed by atoms with Gasteiger partial charge in [0.25, 0.3) is 10.0 Å². The standard InChI is InChI=1S/C33H33BrClN3O5S/c1-3-43-29-17-15-28(16-18-29)38(44(41,42)30-19-13-27(35)14-20-30)23-32(39)37(22-25-9-11-26(34)12-10-25)31(33(40)36-2)21-24-7-5-4-6-8-24/h4-20,31H,3,21-23H2,1-2H3,(H,36,40). The van der Waals surface area contributed by atoms with E-state index in [1.54, 1.807) is 24.3 Å². The Morgan fingerprint density at radius 1 is 0.886 bits per heavy atom. The highest BCUT2D eigenvalue weighted by Crippen LogP contribution is 2.28. The third-order valence-corrected chi connectivity index (χ3v) is 9.47. The number of hydrogen-bond acceptors (Lipinski definition) is 5. The molecule has 1 N–H and O–H groups in total. The molecule has 8 nitrogen and oxygen atoms in total. The minimum absolute atomic E-state index is 0.0322. The zero-order chi connectivity index (χ0) is 31.7. The number of anilines is 1. The number of halogens is 2. The molecule has 4 rings (SSSR count). The van der Waals surface area contributed by atoms with Gasteiger partial charge in [-0.3, -0.25) is 13.9 Å². The molecule has 0 heterocycles. The molecule has 230 valence electrons. The smallest absolute Gasteiger partial charge is 0.264 e. The Kier molecular flexibility index (Phi) is 11.4. The van der Waals surface area contributed by atoms with E-state index in [4.69, 9.17) is 16.3 Å². The van der Waals surface area contributed by atoms with Gasteiger partial charge in [-0.05, 0) is 78.7 Å². The normalized spacial score (nSPS) is 11.8. The Morgan fingerprint density at radius 2 is 1.52 bits per heavy atom. The molecule has 0 aliphatic rings. The van der Waals surface area contributed by atoms with Crippen molar-refractivity contribution in [2.75, 3.05) is 24.5 Å². The van der Waals surface area contributed by atoms with Gasteiger partial charge in [0, 0.05) is 29.5 Å². The lowest BCUT2D eigenvalue weighted by Crippen LogP contribution is -2.53. The SMILES string of the molecule is CCOc1ccc(N(CC(=O)N(Cc2ccc(Br)cc2)C(Cc2ccccc2)C(=O)NC)S(=O)(=O)c2ccc(Cl)cc2)cc1. The average molecular weight is 699 g/mol. The zero-order valence-electron chi connectivity index (χ0n) is 24.3. The molecule has 4 aromatic rings. The molecule has 11 heteroatoms. The molecule has 44 heavy (non-hydrogen) atoms. The summed E-state index contributed by atoms with van der Waals surface area (Å²) in [6, 6.07) is 28.1. The lowest BCUT2D eigenvalue weighted by atomic mass is 10.0. The number of hydrogen-bond donors (Lipinski definition) is 1. The van der Waals surface area contributed by atoms with Crippen molar-refractivity contribution in [3.05, 3.63) is 124 Å². The van der Waals surface area contributed by atoms with Crippen LogP contribution in [0.3, 0.4) is 0 Å². The number of benzene rings is 4. The van der Waals surface area contributed by atoms with E-state index in [2.05, 4.69) is 21.2 Å². The topological polar surface area (TPSA) is 96.0 Å². The van der Waals surface area contributed by atoms with Gasteiger partial charge in [-0.15, -0.1) is 0 Å². The fourth-order valence-corrected chi connectivity index (χ4v) is 6.45. The van der Waals surface area contributed by atoms with E-state index in [1.165, 1.54) is 36.2 Å². The maximum absolute atomic E-state index is 14.3. The van der Waals surface area contributed by atoms with Crippen LogP contribution < -0.4 is 14.4 Å². The van der Waals surface area contributed by atoms with Crippen LogP contribution in [0.5, 0.6) is 5.75 Å². The molecule has 4 aromatic carbocycles. The van der Waals surface area contributed by atoms with Crippen LogP contribution in [0, 0.1) is 0 Å². The van der Waals surface area contributed by atoms with E-state index in [0.717, 1.165) is 19.9 Å². The first-order valence-corrected chi connectivity index (χ1v) is 16.5. The molecule has 0 fully saturated rings. The average Bonchev–Trinajstić information content (AvgIpc) is 3.03. The number of rotatable bonds is 13. The summed E-state index contributed by atoms with van der Waals surface area (Å²) in [6.07, 6.45) is 0.232. The second kappa shape index (κ2) is 15.2. The molecular formula is C33H33BrClN3O5S. The number of sulfonamides is 1. The molecular weight excluding hydrogens is 666 g/mol. The maximum Gasteiger partial charge on any atom is 0.264 e. The highest BCUT2D eigenvalue weighted by atomic mass is 79.9. The fraction of sp³-hybridized carbons (Fsp3) is 0.212. The van der Waals surface area contributed by atoms with Crippen molar-refractivity contribution in [2.24, 2.45) is 0 Å². The molecule has 0 aromatic heterocycles. The molecule has 0 saturated carbocycles. The Balaban J connectivity index is 1.78. The largest absolute Gasteiger partial charge is 0.494 e. The highest BCUT2D eigenvalue weighted by molar-refractivity contribution is 9.10. The van der Waals surface area contributed by atoms with Gasteiger partial charge >= 0.3 is 0 Å². The first kappa shape index (κ1) is 33.0. The van der Waals surface area contributed by atoms with Crippen LogP contribution in [-0.2, 0) is 32.6 Å². The molecule has 2 amide bonds. The van der Waals surface area contributed by atoms with E-state index < -0.39 is 28.5 Å². The van der Waals surface area contributed by atoms with Crippen LogP contribution >= 0.6 is 27.5 Å². The van der Waals surface area contributed by atoms with E-state index in [1.807, 2.05) is 61.5 Å². The molecule has 0 saturated heterocycles. The minimum Gasteiger partial charge on any atom is -0.494 e. The summed E-state index contributed by atoms with van der Waals surface area (Å²) >= 11 is 9.47. The lowest BCUT2D eigenvalue weighted by molar-refractivity contribution is -0.139. The quantitative estimate of drug-likeness (QED) is 0.183. The van der Waals surface area contributed by atoms with Gasteiger partial charge in [-0.2, -0.15) is 0 Å². The van der Waals surface area contributed by atoms with Crippen molar-refractivity contribution in [1.29, 1.82) is 0 Å². The minimum atomic E-state index is -4.23. The Morgan fingerprint density at radius 3 is 2.11 bits per heavy atom. The molecule has 1 unspecified atom stereocenters. The summed E-state index contributed by atoms with van der Waals surface area (Å²) in [5.74, 6) is -0.359. The second-order valence-corrected chi connectivity index (χ2v) is 13.1. The number of amides is 2. The van der Waals surface area contributed by atoms with Crippen molar-refractivity contribution < 1.29 is 22.7 Å². The van der Waals surface area contributed by atoms with Crippen LogP contribution in [0.15, 0.2) is 112 Å². The van der Waals surface area contributed by atoms with E-state index in [9.17, 15) is 18.0 Å². The second-order valence-electron chi connectivity index (χ2n) is 9.86. The summed E-state index contributed by atoms with van der Waals surface area (Å²) < 4.78 is 35.6. The predicted molar refractivity (Wildman–Crippen MR) is 176 cm³/mol. The third-order valence-electron chi connectivity index (χ3n) is 6.90. The van der Waals surface area contributed by atoms with Crippen LogP contribution in [0.1, 0.15) is 18.1 Å². The molecule has 0 aliphatic carbocycles. The Hall–Kier alpha value is -3.86. The molecule has 0 spiro atoms. The van der Waals surface area contributed by atoms with Crippen molar-refractivity contribution in [3.8, 4) is 5.75 Å². The van der Waals surface area contributed by atoms with Gasteiger partial charge in [0.1, 0.15) is 18.3 Å². The van der Waals surface area contributed by atoms with Crippen LogP contribution in [0.2, 0.25) is 5.02 Å². The monoisotopic (exact) mass is 697 g/mol. The number of ether oxygens (including phenoxy) is 1. The maximum atomic E-state index is 14.3. The predicted octanol–water partition coefficient (Wildman–Crippen LogP) is 6.08. The van der Waals surface area contributed by atoms with E-state index in [0.29, 0.717) is 17.4 Å². The van der Waals surface area contributed by atoms with Gasteiger partial charge in [0.15, 0.2) is 0 Å². The van der Waals surface area contributed by atoms with Gasteiger partial charge in [0.2, 0.25) is 11.8 Å². The summed E-state index contributed by atoms with van der Waals surface area (Å²) in [4.78, 5) is 29.1. The van der Waals surface area contributed by atoms with E-state index >= 15 is 0 Å². The third kappa shape index (κ3) is 8.40. The van der Waals surface area contributed by atoms with Crippen molar-refractivity contribution in [2.45, 2.75) is 30.8 Å². The summed E-state index contributed by atoms with van der Waals surface area (Å²) in [5.41, 5.74) is 1.89. The number of likely N-dealkylation sites (N-methyl/N-ethyl adjacent to an activating group) is 1. The molecule has 0 radical (unpaired) electrons. The molecule has 1 atom stereocenters. The first-order chi connectivity index (χ1) is 21.1. The zero-order valence-corrected chi connectivity index (χ0v) is 27.5. The number of carbonyl (C=O) groups excluding carboxylic acids is 2.